The summed E-state index contributed by atoms with van der Waals surface area (Å²) in [5.41, 5.74) is 0.756. The number of carbonyl (C=O) groups is 1. The number of nitrogens with zero attached hydrogens (tertiary/aromatic N) is 1. The van der Waals surface area contributed by atoms with Crippen LogP contribution in [-0.2, 0) is 14.3 Å². The Morgan fingerprint density at radius 2 is 2.40 bits per heavy atom. The smallest absolute Gasteiger partial charge is 0.251 e. The molecule has 0 radical (unpaired) electrons. The lowest BCUT2D eigenvalue weighted by Crippen LogP contribution is -2.46. The zero-order valence-corrected chi connectivity index (χ0v) is 11.8. The summed E-state index contributed by atoms with van der Waals surface area (Å²) in [6.07, 6.45) is -0.733. The van der Waals surface area contributed by atoms with Gasteiger partial charge in [-0.1, -0.05) is 12.1 Å². The van der Waals surface area contributed by atoms with Gasteiger partial charge in [0.1, 0.15) is 18.0 Å². The molecule has 1 aliphatic heterocycles. The Bertz CT molecular complexity index is 466. The second kappa shape index (κ2) is 6.81. The number of morpholine rings is 1. The van der Waals surface area contributed by atoms with Gasteiger partial charge in [-0.05, 0) is 31.5 Å². The molecule has 5 heteroatoms. The molecule has 2 rings (SSSR count). The van der Waals surface area contributed by atoms with Crippen LogP contribution in [0.3, 0.4) is 0 Å². The Morgan fingerprint density at radius 3 is 3.10 bits per heavy atom. The number of halogens is 1. The largest absolute Gasteiger partial charge is 0.370 e. The molecule has 0 bridgehead atoms. The van der Waals surface area contributed by atoms with Crippen LogP contribution in [-0.4, -0.2) is 43.2 Å². The molecule has 0 spiro atoms. The molecule has 2 unspecified atom stereocenters. The summed E-state index contributed by atoms with van der Waals surface area (Å²) < 4.78 is 24.2. The van der Waals surface area contributed by atoms with Crippen molar-refractivity contribution in [1.29, 1.82) is 0 Å². The average molecular weight is 281 g/mol. The second-order valence-corrected chi connectivity index (χ2v) is 4.80. The molecule has 0 aliphatic carbocycles. The van der Waals surface area contributed by atoms with E-state index in [2.05, 4.69) is 0 Å². The van der Waals surface area contributed by atoms with Gasteiger partial charge < -0.3 is 14.4 Å². The highest BCUT2D eigenvalue weighted by Crippen LogP contribution is 2.23. The van der Waals surface area contributed by atoms with Crippen molar-refractivity contribution >= 4 is 5.91 Å². The van der Waals surface area contributed by atoms with Crippen LogP contribution in [0.25, 0.3) is 0 Å². The highest BCUT2D eigenvalue weighted by molar-refractivity contribution is 5.80. The van der Waals surface area contributed by atoms with Crippen LogP contribution in [0, 0.1) is 5.82 Å². The van der Waals surface area contributed by atoms with Gasteiger partial charge in [-0.3, -0.25) is 4.79 Å². The average Bonchev–Trinajstić information content (AvgIpc) is 2.47. The van der Waals surface area contributed by atoms with Gasteiger partial charge in [0.05, 0.1) is 13.2 Å². The standard InChI is InChI=1S/C15H20FNO3/c1-3-19-11(2)15(18)17-7-8-20-14(10-17)12-5-4-6-13(16)9-12/h4-6,9,11,14H,3,7-8,10H2,1-2H3. The minimum Gasteiger partial charge on any atom is -0.370 e. The van der Waals surface area contributed by atoms with E-state index in [4.69, 9.17) is 9.47 Å². The van der Waals surface area contributed by atoms with Crippen molar-refractivity contribution in [3.05, 3.63) is 35.6 Å². The topological polar surface area (TPSA) is 38.8 Å². The van der Waals surface area contributed by atoms with Crippen molar-refractivity contribution in [2.75, 3.05) is 26.3 Å². The summed E-state index contributed by atoms with van der Waals surface area (Å²) in [6.45, 7) is 5.54. The number of ether oxygens (including phenoxy) is 2. The molecule has 1 aromatic carbocycles. The maximum Gasteiger partial charge on any atom is 0.251 e. The number of amides is 1. The summed E-state index contributed by atoms with van der Waals surface area (Å²) in [5, 5.41) is 0. The summed E-state index contributed by atoms with van der Waals surface area (Å²) >= 11 is 0. The highest BCUT2D eigenvalue weighted by Gasteiger charge is 2.28. The van der Waals surface area contributed by atoms with E-state index in [9.17, 15) is 9.18 Å². The fourth-order valence-electron chi connectivity index (χ4n) is 2.34. The zero-order chi connectivity index (χ0) is 14.5. The van der Waals surface area contributed by atoms with Crippen molar-refractivity contribution in [3.63, 3.8) is 0 Å². The fourth-order valence-corrected chi connectivity index (χ4v) is 2.34. The minimum atomic E-state index is -0.453. The predicted octanol–water partition coefficient (Wildman–Crippen LogP) is 2.15. The van der Waals surface area contributed by atoms with Gasteiger partial charge >= 0.3 is 0 Å². The van der Waals surface area contributed by atoms with Gasteiger partial charge in [0, 0.05) is 13.2 Å². The van der Waals surface area contributed by atoms with E-state index >= 15 is 0 Å². The molecular formula is C15H20FNO3. The first-order chi connectivity index (χ1) is 9.61. The van der Waals surface area contributed by atoms with Gasteiger partial charge in [0.2, 0.25) is 0 Å². The minimum absolute atomic E-state index is 0.0449. The van der Waals surface area contributed by atoms with Crippen LogP contribution >= 0.6 is 0 Å². The molecular weight excluding hydrogens is 261 g/mol. The third-order valence-corrected chi connectivity index (χ3v) is 3.36. The van der Waals surface area contributed by atoms with Crippen LogP contribution in [0.2, 0.25) is 0 Å². The van der Waals surface area contributed by atoms with Crippen LogP contribution < -0.4 is 0 Å². The zero-order valence-electron chi connectivity index (χ0n) is 11.8. The van der Waals surface area contributed by atoms with Gasteiger partial charge in [0.25, 0.3) is 5.91 Å². The van der Waals surface area contributed by atoms with E-state index in [0.29, 0.717) is 26.3 Å². The number of rotatable bonds is 4. The lowest BCUT2D eigenvalue weighted by Gasteiger charge is -2.34. The van der Waals surface area contributed by atoms with E-state index in [1.807, 2.05) is 13.0 Å². The maximum atomic E-state index is 13.3. The fraction of sp³-hybridized carbons (Fsp3) is 0.533. The third-order valence-electron chi connectivity index (χ3n) is 3.36. The molecule has 1 aromatic rings. The van der Waals surface area contributed by atoms with Crippen molar-refractivity contribution in [1.82, 2.24) is 4.90 Å². The van der Waals surface area contributed by atoms with Crippen molar-refractivity contribution in [3.8, 4) is 0 Å². The first-order valence-corrected chi connectivity index (χ1v) is 6.89. The molecule has 0 saturated carbocycles. The monoisotopic (exact) mass is 281 g/mol. The normalized spacial score (nSPS) is 20.8. The number of benzene rings is 1. The van der Waals surface area contributed by atoms with Crippen LogP contribution in [0.1, 0.15) is 25.5 Å². The summed E-state index contributed by atoms with van der Waals surface area (Å²) in [7, 11) is 0. The maximum absolute atomic E-state index is 13.3. The van der Waals surface area contributed by atoms with E-state index in [1.54, 1.807) is 17.9 Å². The van der Waals surface area contributed by atoms with E-state index in [0.717, 1.165) is 5.56 Å². The summed E-state index contributed by atoms with van der Waals surface area (Å²) in [6, 6.07) is 6.31. The molecule has 0 N–H and O–H groups in total. The number of hydrogen-bond acceptors (Lipinski definition) is 3. The molecule has 4 nitrogen and oxygen atoms in total. The van der Waals surface area contributed by atoms with Crippen LogP contribution in [0.15, 0.2) is 24.3 Å². The lowest BCUT2D eigenvalue weighted by molar-refractivity contribution is -0.150. The molecule has 20 heavy (non-hydrogen) atoms. The summed E-state index contributed by atoms with van der Waals surface area (Å²) in [5.74, 6) is -0.339. The quantitative estimate of drug-likeness (QED) is 0.849. The van der Waals surface area contributed by atoms with Crippen molar-refractivity contribution in [2.45, 2.75) is 26.1 Å². The second-order valence-electron chi connectivity index (χ2n) is 4.80. The summed E-state index contributed by atoms with van der Waals surface area (Å²) in [4.78, 5) is 13.9. The lowest BCUT2D eigenvalue weighted by atomic mass is 10.1. The molecule has 2 atom stereocenters. The van der Waals surface area contributed by atoms with Crippen molar-refractivity contribution < 1.29 is 18.7 Å². The predicted molar refractivity (Wildman–Crippen MR) is 72.8 cm³/mol. The van der Waals surface area contributed by atoms with Gasteiger partial charge in [-0.2, -0.15) is 0 Å². The molecule has 1 saturated heterocycles. The molecule has 1 heterocycles. The van der Waals surface area contributed by atoms with E-state index in [-0.39, 0.29) is 17.8 Å². The van der Waals surface area contributed by atoms with E-state index in [1.165, 1.54) is 12.1 Å². The molecule has 0 aromatic heterocycles. The Labute approximate surface area is 118 Å². The molecule has 1 aliphatic rings. The SMILES string of the molecule is CCOC(C)C(=O)N1CCOC(c2cccc(F)c2)C1. The Hall–Kier alpha value is -1.46. The van der Waals surface area contributed by atoms with Crippen LogP contribution in [0.5, 0.6) is 0 Å². The first-order valence-electron chi connectivity index (χ1n) is 6.89. The van der Waals surface area contributed by atoms with Crippen molar-refractivity contribution in [2.24, 2.45) is 0 Å². The highest BCUT2D eigenvalue weighted by atomic mass is 19.1. The van der Waals surface area contributed by atoms with Gasteiger partial charge in [-0.25, -0.2) is 4.39 Å². The molecule has 1 fully saturated rings. The third kappa shape index (κ3) is 3.55. The number of hydrogen-bond donors (Lipinski definition) is 0. The molecule has 110 valence electrons. The van der Waals surface area contributed by atoms with Crippen LogP contribution in [0.4, 0.5) is 4.39 Å². The van der Waals surface area contributed by atoms with Gasteiger partial charge in [0.15, 0.2) is 0 Å². The van der Waals surface area contributed by atoms with Gasteiger partial charge in [-0.15, -0.1) is 0 Å². The molecule has 1 amide bonds. The first kappa shape index (κ1) is 14.9. The van der Waals surface area contributed by atoms with E-state index < -0.39 is 6.10 Å². The Balaban J connectivity index is 2.03. The Kier molecular flexibility index (Phi) is 5.09. The number of carbonyl (C=O) groups excluding carboxylic acids is 1. The Morgan fingerprint density at radius 1 is 1.60 bits per heavy atom.